The largest absolute Gasteiger partial charge is 0.399 e. The SMILES string of the molecule is Cc1cc(N)ccc1-c1cnc(N)c(C(=O)NC(C)C)c1. The van der Waals surface area contributed by atoms with Crippen molar-refractivity contribution in [3.8, 4) is 11.1 Å². The van der Waals surface area contributed by atoms with Crippen LogP contribution in [0.3, 0.4) is 0 Å². The van der Waals surface area contributed by atoms with E-state index in [9.17, 15) is 4.79 Å². The van der Waals surface area contributed by atoms with Crippen molar-refractivity contribution in [2.45, 2.75) is 26.8 Å². The number of nitrogen functional groups attached to an aromatic ring is 2. The van der Waals surface area contributed by atoms with Crippen LogP contribution in [0.25, 0.3) is 11.1 Å². The fourth-order valence-corrected chi connectivity index (χ4v) is 2.16. The number of hydrogen-bond acceptors (Lipinski definition) is 4. The van der Waals surface area contributed by atoms with Gasteiger partial charge >= 0.3 is 0 Å². The van der Waals surface area contributed by atoms with Gasteiger partial charge in [-0.3, -0.25) is 4.79 Å². The monoisotopic (exact) mass is 284 g/mol. The zero-order chi connectivity index (χ0) is 15.6. The topological polar surface area (TPSA) is 94.0 Å². The normalized spacial score (nSPS) is 10.7. The summed E-state index contributed by atoms with van der Waals surface area (Å²) in [5.41, 5.74) is 15.5. The Kier molecular flexibility index (Phi) is 4.12. The van der Waals surface area contributed by atoms with Crippen LogP contribution in [-0.4, -0.2) is 16.9 Å². The summed E-state index contributed by atoms with van der Waals surface area (Å²) in [5.74, 6) is 0.00921. The van der Waals surface area contributed by atoms with Crippen LogP contribution >= 0.6 is 0 Å². The van der Waals surface area contributed by atoms with E-state index in [1.165, 1.54) is 0 Å². The molecule has 1 aromatic carbocycles. The second-order valence-corrected chi connectivity index (χ2v) is 5.36. The Morgan fingerprint density at radius 1 is 1.24 bits per heavy atom. The van der Waals surface area contributed by atoms with Crippen LogP contribution in [-0.2, 0) is 0 Å². The molecule has 0 radical (unpaired) electrons. The number of hydrogen-bond donors (Lipinski definition) is 3. The van der Waals surface area contributed by atoms with E-state index in [1.807, 2.05) is 39.0 Å². The highest BCUT2D eigenvalue weighted by atomic mass is 16.1. The molecule has 5 nitrogen and oxygen atoms in total. The second kappa shape index (κ2) is 5.83. The van der Waals surface area contributed by atoms with Crippen molar-refractivity contribution in [2.75, 3.05) is 11.5 Å². The minimum atomic E-state index is -0.218. The predicted molar refractivity (Wildman–Crippen MR) is 85.8 cm³/mol. The number of benzene rings is 1. The molecule has 5 N–H and O–H groups in total. The molecule has 0 spiro atoms. The summed E-state index contributed by atoms with van der Waals surface area (Å²) in [5, 5.41) is 2.82. The standard InChI is InChI=1S/C16H20N4O/c1-9(2)20-16(21)14-7-11(8-19-15(14)18)13-5-4-12(17)6-10(13)3/h4-9H,17H2,1-3H3,(H2,18,19)(H,20,21). The number of nitrogens with zero attached hydrogens (tertiary/aromatic N) is 1. The Balaban J connectivity index is 2.45. The van der Waals surface area contributed by atoms with Gasteiger partial charge in [0.15, 0.2) is 0 Å². The third-order valence-corrected chi connectivity index (χ3v) is 3.14. The Morgan fingerprint density at radius 2 is 1.95 bits per heavy atom. The molecular formula is C16H20N4O. The van der Waals surface area contributed by atoms with Gasteiger partial charge in [-0.2, -0.15) is 0 Å². The zero-order valence-corrected chi connectivity index (χ0v) is 12.5. The number of nitrogens with one attached hydrogen (secondary N) is 1. The lowest BCUT2D eigenvalue weighted by atomic mass is 10.00. The Bertz CT molecular complexity index is 680. The van der Waals surface area contributed by atoms with Gasteiger partial charge in [-0.1, -0.05) is 6.07 Å². The van der Waals surface area contributed by atoms with E-state index < -0.39 is 0 Å². The van der Waals surface area contributed by atoms with Gasteiger partial charge < -0.3 is 16.8 Å². The van der Waals surface area contributed by atoms with Crippen molar-refractivity contribution in [3.63, 3.8) is 0 Å². The molecule has 0 unspecified atom stereocenters. The molecule has 0 aliphatic heterocycles. The van der Waals surface area contributed by atoms with Crippen molar-refractivity contribution in [3.05, 3.63) is 41.6 Å². The van der Waals surface area contributed by atoms with Crippen LogP contribution in [0.1, 0.15) is 29.8 Å². The highest BCUT2D eigenvalue weighted by Gasteiger charge is 2.14. The third-order valence-electron chi connectivity index (χ3n) is 3.14. The number of carbonyl (C=O) groups is 1. The molecule has 5 heteroatoms. The minimum Gasteiger partial charge on any atom is -0.399 e. The average Bonchev–Trinajstić information content (AvgIpc) is 2.39. The van der Waals surface area contributed by atoms with E-state index in [1.54, 1.807) is 12.3 Å². The Hall–Kier alpha value is -2.56. The van der Waals surface area contributed by atoms with Crippen molar-refractivity contribution in [2.24, 2.45) is 0 Å². The van der Waals surface area contributed by atoms with E-state index in [0.29, 0.717) is 11.3 Å². The third kappa shape index (κ3) is 3.31. The first-order valence-corrected chi connectivity index (χ1v) is 6.81. The maximum atomic E-state index is 12.1. The number of anilines is 2. The average molecular weight is 284 g/mol. The van der Waals surface area contributed by atoms with Crippen LogP contribution < -0.4 is 16.8 Å². The van der Waals surface area contributed by atoms with E-state index in [2.05, 4.69) is 10.3 Å². The second-order valence-electron chi connectivity index (χ2n) is 5.36. The van der Waals surface area contributed by atoms with Gasteiger partial charge in [0.1, 0.15) is 5.82 Å². The fourth-order valence-electron chi connectivity index (χ4n) is 2.16. The summed E-state index contributed by atoms with van der Waals surface area (Å²) in [6.45, 7) is 5.76. The van der Waals surface area contributed by atoms with Crippen molar-refractivity contribution in [1.29, 1.82) is 0 Å². The molecule has 0 aliphatic carbocycles. The molecule has 0 aliphatic rings. The lowest BCUT2D eigenvalue weighted by molar-refractivity contribution is 0.0944. The molecule has 1 aromatic heterocycles. The van der Waals surface area contributed by atoms with Gasteiger partial charge in [0.25, 0.3) is 5.91 Å². The number of amides is 1. The van der Waals surface area contributed by atoms with Crippen LogP contribution in [0.5, 0.6) is 0 Å². The molecular weight excluding hydrogens is 264 g/mol. The van der Waals surface area contributed by atoms with E-state index in [0.717, 1.165) is 16.7 Å². The Morgan fingerprint density at radius 3 is 2.57 bits per heavy atom. The van der Waals surface area contributed by atoms with Gasteiger partial charge in [-0.25, -0.2) is 4.98 Å². The van der Waals surface area contributed by atoms with Gasteiger partial charge in [0, 0.05) is 23.5 Å². The molecule has 0 bridgehead atoms. The smallest absolute Gasteiger partial charge is 0.255 e. The van der Waals surface area contributed by atoms with E-state index in [4.69, 9.17) is 11.5 Å². The number of rotatable bonds is 3. The first-order valence-electron chi connectivity index (χ1n) is 6.81. The van der Waals surface area contributed by atoms with Crippen LogP contribution in [0.2, 0.25) is 0 Å². The summed E-state index contributed by atoms with van der Waals surface area (Å²) in [6, 6.07) is 7.44. The lowest BCUT2D eigenvalue weighted by Crippen LogP contribution is -2.30. The summed E-state index contributed by atoms with van der Waals surface area (Å²) >= 11 is 0. The minimum absolute atomic E-state index is 0.0406. The molecule has 0 atom stereocenters. The summed E-state index contributed by atoms with van der Waals surface area (Å²) in [7, 11) is 0. The maximum absolute atomic E-state index is 12.1. The van der Waals surface area contributed by atoms with Gasteiger partial charge in [0.2, 0.25) is 0 Å². The summed E-state index contributed by atoms with van der Waals surface area (Å²) in [4.78, 5) is 16.3. The fraction of sp³-hybridized carbons (Fsp3) is 0.250. The molecule has 1 heterocycles. The quantitative estimate of drug-likeness (QED) is 0.754. The van der Waals surface area contributed by atoms with Gasteiger partial charge in [0.05, 0.1) is 5.56 Å². The van der Waals surface area contributed by atoms with Crippen molar-refractivity contribution < 1.29 is 4.79 Å². The molecule has 21 heavy (non-hydrogen) atoms. The number of pyridine rings is 1. The first-order chi connectivity index (χ1) is 9.88. The van der Waals surface area contributed by atoms with Crippen LogP contribution in [0.15, 0.2) is 30.5 Å². The van der Waals surface area contributed by atoms with Crippen LogP contribution in [0.4, 0.5) is 11.5 Å². The molecule has 0 saturated heterocycles. The van der Waals surface area contributed by atoms with Crippen molar-refractivity contribution >= 4 is 17.4 Å². The molecule has 1 amide bonds. The molecule has 0 saturated carbocycles. The van der Waals surface area contributed by atoms with E-state index in [-0.39, 0.29) is 17.8 Å². The lowest BCUT2D eigenvalue weighted by Gasteiger charge is -2.12. The highest BCUT2D eigenvalue weighted by Crippen LogP contribution is 2.26. The zero-order valence-electron chi connectivity index (χ0n) is 12.5. The van der Waals surface area contributed by atoms with Gasteiger partial charge in [-0.05, 0) is 50.1 Å². The van der Waals surface area contributed by atoms with Crippen molar-refractivity contribution in [1.82, 2.24) is 10.3 Å². The van der Waals surface area contributed by atoms with Gasteiger partial charge in [-0.15, -0.1) is 0 Å². The maximum Gasteiger partial charge on any atom is 0.255 e. The van der Waals surface area contributed by atoms with E-state index >= 15 is 0 Å². The number of carbonyl (C=O) groups excluding carboxylic acids is 1. The number of aryl methyl sites for hydroxylation is 1. The summed E-state index contributed by atoms with van der Waals surface area (Å²) in [6.07, 6.45) is 1.67. The number of aromatic nitrogens is 1. The highest BCUT2D eigenvalue weighted by molar-refractivity contribution is 5.99. The predicted octanol–water partition coefficient (Wildman–Crippen LogP) is 2.36. The molecule has 2 rings (SSSR count). The van der Waals surface area contributed by atoms with Crippen LogP contribution in [0, 0.1) is 6.92 Å². The Labute approximate surface area is 124 Å². The molecule has 0 fully saturated rings. The first kappa shape index (κ1) is 14.8. The number of nitrogens with two attached hydrogens (primary N) is 2. The molecule has 110 valence electrons. The summed E-state index contributed by atoms with van der Waals surface area (Å²) < 4.78 is 0. The molecule has 2 aromatic rings.